The third kappa shape index (κ3) is 3.36. The minimum absolute atomic E-state index is 0.00314. The van der Waals surface area contributed by atoms with Crippen molar-refractivity contribution < 1.29 is 8.60 Å². The van der Waals surface area contributed by atoms with Gasteiger partial charge in [-0.2, -0.15) is 0 Å². The molecule has 1 aromatic carbocycles. The van der Waals surface area contributed by atoms with E-state index >= 15 is 0 Å². The van der Waals surface area contributed by atoms with E-state index in [2.05, 4.69) is 0 Å². The highest BCUT2D eigenvalue weighted by atomic mass is 32.2. The first-order valence-electron chi connectivity index (χ1n) is 6.06. The van der Waals surface area contributed by atoms with Crippen molar-refractivity contribution in [2.24, 2.45) is 11.7 Å². The minimum Gasteiger partial charge on any atom is -0.327 e. The second kappa shape index (κ2) is 5.74. The topological polar surface area (TPSA) is 43.1 Å². The molecule has 2 atom stereocenters. The number of hydrogen-bond acceptors (Lipinski definition) is 2. The number of nitrogens with two attached hydrogens (primary N) is 1. The maximum absolute atomic E-state index is 12.7. The number of hydrogen-bond donors (Lipinski definition) is 1. The van der Waals surface area contributed by atoms with E-state index in [1.54, 1.807) is 12.1 Å². The van der Waals surface area contributed by atoms with Gasteiger partial charge in [0.2, 0.25) is 0 Å². The summed E-state index contributed by atoms with van der Waals surface area (Å²) in [5.74, 6) is 0.696. The van der Waals surface area contributed by atoms with Crippen LogP contribution in [0.15, 0.2) is 29.2 Å². The standard InChI is InChI=1S/C13H18FNOS/c14-11-5-7-12(8-6-11)17(16)9-13(15)10-3-1-2-4-10/h5-8,10,13H,1-4,9,15H2. The molecule has 1 saturated carbocycles. The van der Waals surface area contributed by atoms with Gasteiger partial charge in [-0.3, -0.25) is 4.21 Å². The van der Waals surface area contributed by atoms with Gasteiger partial charge in [0.05, 0.1) is 10.8 Å². The lowest BCUT2D eigenvalue weighted by molar-refractivity contribution is 0.460. The fourth-order valence-electron chi connectivity index (χ4n) is 2.38. The van der Waals surface area contributed by atoms with Crippen LogP contribution in [0.3, 0.4) is 0 Å². The summed E-state index contributed by atoms with van der Waals surface area (Å²) in [4.78, 5) is 0.667. The molecular weight excluding hydrogens is 237 g/mol. The summed E-state index contributed by atoms with van der Waals surface area (Å²) in [7, 11) is -1.11. The van der Waals surface area contributed by atoms with Crippen LogP contribution in [0.4, 0.5) is 4.39 Å². The Bertz CT molecular complexity index is 387. The van der Waals surface area contributed by atoms with Crippen LogP contribution in [0.5, 0.6) is 0 Å². The van der Waals surface area contributed by atoms with Crippen molar-refractivity contribution in [1.82, 2.24) is 0 Å². The smallest absolute Gasteiger partial charge is 0.123 e. The van der Waals surface area contributed by atoms with Gasteiger partial charge in [0, 0.05) is 16.7 Å². The number of benzene rings is 1. The van der Waals surface area contributed by atoms with Crippen LogP contribution in [-0.2, 0) is 10.8 Å². The van der Waals surface area contributed by atoms with Crippen molar-refractivity contribution in [3.05, 3.63) is 30.1 Å². The Morgan fingerprint density at radius 3 is 2.47 bits per heavy atom. The molecule has 1 aromatic rings. The Hall–Kier alpha value is -0.740. The van der Waals surface area contributed by atoms with Crippen LogP contribution in [0, 0.1) is 11.7 Å². The van der Waals surface area contributed by atoms with Crippen molar-refractivity contribution in [2.45, 2.75) is 36.6 Å². The summed E-state index contributed by atoms with van der Waals surface area (Å²) in [6.45, 7) is 0. The molecule has 2 N–H and O–H groups in total. The van der Waals surface area contributed by atoms with E-state index < -0.39 is 10.8 Å². The van der Waals surface area contributed by atoms with Crippen LogP contribution in [0.25, 0.3) is 0 Å². The van der Waals surface area contributed by atoms with Crippen LogP contribution in [0.2, 0.25) is 0 Å². The number of rotatable bonds is 4. The SMILES string of the molecule is NC(CS(=O)c1ccc(F)cc1)C1CCCC1. The second-order valence-electron chi connectivity index (χ2n) is 4.67. The first-order chi connectivity index (χ1) is 8.16. The van der Waals surface area contributed by atoms with Gasteiger partial charge < -0.3 is 5.73 Å². The molecule has 1 fully saturated rings. The van der Waals surface area contributed by atoms with Crippen molar-refractivity contribution in [3.63, 3.8) is 0 Å². The predicted octanol–water partition coefficient (Wildman–Crippen LogP) is 2.45. The first kappa shape index (κ1) is 12.7. The van der Waals surface area contributed by atoms with E-state index in [0.717, 1.165) is 12.8 Å². The lowest BCUT2D eigenvalue weighted by Crippen LogP contribution is -2.34. The largest absolute Gasteiger partial charge is 0.327 e. The highest BCUT2D eigenvalue weighted by molar-refractivity contribution is 7.85. The van der Waals surface area contributed by atoms with E-state index in [0.29, 0.717) is 16.6 Å². The van der Waals surface area contributed by atoms with Gasteiger partial charge in [0.15, 0.2) is 0 Å². The van der Waals surface area contributed by atoms with Gasteiger partial charge in [0.25, 0.3) is 0 Å². The molecule has 0 spiro atoms. The molecule has 94 valence electrons. The summed E-state index contributed by atoms with van der Waals surface area (Å²) in [6.07, 6.45) is 4.78. The maximum atomic E-state index is 12.7. The second-order valence-corrected chi connectivity index (χ2v) is 6.17. The third-order valence-electron chi connectivity index (χ3n) is 3.43. The van der Waals surface area contributed by atoms with Crippen molar-refractivity contribution in [2.75, 3.05) is 5.75 Å². The molecule has 17 heavy (non-hydrogen) atoms. The number of halogens is 1. The van der Waals surface area contributed by atoms with Crippen molar-refractivity contribution in [3.8, 4) is 0 Å². The van der Waals surface area contributed by atoms with Crippen LogP contribution in [-0.4, -0.2) is 16.0 Å². The molecule has 2 nitrogen and oxygen atoms in total. The summed E-state index contributed by atoms with van der Waals surface area (Å²) >= 11 is 0. The zero-order chi connectivity index (χ0) is 12.3. The van der Waals surface area contributed by atoms with Crippen LogP contribution in [0.1, 0.15) is 25.7 Å². The summed E-state index contributed by atoms with van der Waals surface area (Å²) in [5, 5.41) is 0. The Labute approximate surface area is 104 Å². The Morgan fingerprint density at radius 2 is 1.88 bits per heavy atom. The van der Waals surface area contributed by atoms with Gasteiger partial charge >= 0.3 is 0 Å². The molecule has 2 unspecified atom stereocenters. The molecule has 0 radical (unpaired) electrons. The lowest BCUT2D eigenvalue weighted by Gasteiger charge is -2.18. The summed E-state index contributed by atoms with van der Waals surface area (Å²) < 4.78 is 24.8. The fraction of sp³-hybridized carbons (Fsp3) is 0.538. The highest BCUT2D eigenvalue weighted by Crippen LogP contribution is 2.27. The highest BCUT2D eigenvalue weighted by Gasteiger charge is 2.23. The van der Waals surface area contributed by atoms with E-state index in [9.17, 15) is 8.60 Å². The zero-order valence-corrected chi connectivity index (χ0v) is 10.6. The molecule has 0 aliphatic heterocycles. The van der Waals surface area contributed by atoms with Gasteiger partial charge in [-0.05, 0) is 43.0 Å². The monoisotopic (exact) mass is 255 g/mol. The minimum atomic E-state index is -1.11. The van der Waals surface area contributed by atoms with E-state index in [1.165, 1.54) is 25.0 Å². The lowest BCUT2D eigenvalue weighted by atomic mass is 10.0. The average molecular weight is 255 g/mol. The molecule has 0 bridgehead atoms. The molecule has 0 amide bonds. The van der Waals surface area contributed by atoms with Gasteiger partial charge in [-0.1, -0.05) is 12.8 Å². The van der Waals surface area contributed by atoms with Crippen molar-refractivity contribution >= 4 is 10.8 Å². The molecule has 0 aromatic heterocycles. The molecule has 0 saturated heterocycles. The Balaban J connectivity index is 1.94. The Morgan fingerprint density at radius 1 is 1.29 bits per heavy atom. The van der Waals surface area contributed by atoms with Crippen LogP contribution >= 0.6 is 0 Å². The van der Waals surface area contributed by atoms with Gasteiger partial charge in [-0.25, -0.2) is 4.39 Å². The zero-order valence-electron chi connectivity index (χ0n) is 9.77. The maximum Gasteiger partial charge on any atom is 0.123 e. The molecule has 4 heteroatoms. The normalized spacial score (nSPS) is 20.4. The molecule has 0 heterocycles. The summed E-state index contributed by atoms with van der Waals surface area (Å²) in [6, 6.07) is 5.84. The van der Waals surface area contributed by atoms with E-state index in [1.807, 2.05) is 0 Å². The third-order valence-corrected chi connectivity index (χ3v) is 4.91. The summed E-state index contributed by atoms with van der Waals surface area (Å²) in [5.41, 5.74) is 6.08. The molecular formula is C13H18FNOS. The first-order valence-corrected chi connectivity index (χ1v) is 7.38. The van der Waals surface area contributed by atoms with E-state index in [4.69, 9.17) is 5.73 Å². The quantitative estimate of drug-likeness (QED) is 0.898. The Kier molecular flexibility index (Phi) is 4.29. The molecule has 2 rings (SSSR count). The van der Waals surface area contributed by atoms with Crippen molar-refractivity contribution in [1.29, 1.82) is 0 Å². The molecule has 1 aliphatic rings. The van der Waals surface area contributed by atoms with Gasteiger partial charge in [-0.15, -0.1) is 0 Å². The average Bonchev–Trinajstić information content (AvgIpc) is 2.83. The fourth-order valence-corrected chi connectivity index (χ4v) is 3.63. The van der Waals surface area contributed by atoms with Crippen LogP contribution < -0.4 is 5.73 Å². The predicted molar refractivity (Wildman–Crippen MR) is 67.6 cm³/mol. The molecule has 1 aliphatic carbocycles. The van der Waals surface area contributed by atoms with Gasteiger partial charge in [0.1, 0.15) is 5.82 Å². The van der Waals surface area contributed by atoms with E-state index in [-0.39, 0.29) is 11.9 Å².